The van der Waals surface area contributed by atoms with Gasteiger partial charge in [0.2, 0.25) is 0 Å². The third kappa shape index (κ3) is 2.36. The molecular weight excluding hydrogens is 224 g/mol. The van der Waals surface area contributed by atoms with Crippen molar-refractivity contribution in [3.63, 3.8) is 0 Å². The Balaban J connectivity index is 2.49. The number of hydrogen-bond acceptors (Lipinski definition) is 3. The number of hydrogen-bond donors (Lipinski definition) is 1. The summed E-state index contributed by atoms with van der Waals surface area (Å²) in [6.07, 6.45) is 0. The van der Waals surface area contributed by atoms with Crippen molar-refractivity contribution in [3.8, 4) is 0 Å². The third-order valence-corrected chi connectivity index (χ3v) is 2.94. The second-order valence-electron chi connectivity index (χ2n) is 4.70. The first-order chi connectivity index (χ1) is 8.49. The first kappa shape index (κ1) is 12.6. The van der Waals surface area contributed by atoms with Crippen molar-refractivity contribution in [2.75, 3.05) is 5.06 Å². The zero-order valence-corrected chi connectivity index (χ0v) is 11.2. The molecule has 0 fully saturated rings. The average molecular weight is 242 g/mol. The van der Waals surface area contributed by atoms with Crippen LogP contribution < -0.4 is 5.06 Å². The molecule has 0 saturated heterocycles. The van der Waals surface area contributed by atoms with Gasteiger partial charge in [-0.1, -0.05) is 23.8 Å². The normalized spacial score (nSPS) is 10.5. The van der Waals surface area contributed by atoms with Crippen LogP contribution >= 0.6 is 0 Å². The first-order valence-electron chi connectivity index (χ1n) is 5.99. The minimum Gasteiger partial charge on any atom is -0.282 e. The fourth-order valence-electron chi connectivity index (χ4n) is 2.27. The lowest BCUT2D eigenvalue weighted by Crippen LogP contribution is -2.15. The highest BCUT2D eigenvalue weighted by Crippen LogP contribution is 2.29. The SMILES string of the molecule is Cc1cc(C)c(N(O)c2cccc(C)n2)c(C)c1. The molecule has 0 aliphatic carbocycles. The van der Waals surface area contributed by atoms with E-state index in [1.54, 1.807) is 6.07 Å². The minimum atomic E-state index is 0.546. The van der Waals surface area contributed by atoms with Crippen molar-refractivity contribution in [1.29, 1.82) is 0 Å². The van der Waals surface area contributed by atoms with Crippen LogP contribution in [0.5, 0.6) is 0 Å². The van der Waals surface area contributed by atoms with E-state index in [0.29, 0.717) is 5.82 Å². The van der Waals surface area contributed by atoms with Crippen molar-refractivity contribution >= 4 is 11.5 Å². The summed E-state index contributed by atoms with van der Waals surface area (Å²) in [7, 11) is 0. The van der Waals surface area contributed by atoms with Gasteiger partial charge in [0.1, 0.15) is 0 Å². The van der Waals surface area contributed by atoms with Gasteiger partial charge in [-0.15, -0.1) is 0 Å². The van der Waals surface area contributed by atoms with Gasteiger partial charge in [-0.05, 0) is 51.0 Å². The molecule has 94 valence electrons. The molecule has 0 atom stereocenters. The highest BCUT2D eigenvalue weighted by atomic mass is 16.5. The van der Waals surface area contributed by atoms with Gasteiger partial charge in [0.25, 0.3) is 0 Å². The Bertz CT molecular complexity index is 555. The van der Waals surface area contributed by atoms with Crippen LogP contribution in [0.1, 0.15) is 22.4 Å². The van der Waals surface area contributed by atoms with Gasteiger partial charge < -0.3 is 0 Å². The molecule has 1 aromatic carbocycles. The van der Waals surface area contributed by atoms with E-state index in [9.17, 15) is 5.21 Å². The van der Waals surface area contributed by atoms with Crippen LogP contribution in [0.2, 0.25) is 0 Å². The van der Waals surface area contributed by atoms with Crippen molar-refractivity contribution in [3.05, 3.63) is 52.7 Å². The number of aromatic nitrogens is 1. The van der Waals surface area contributed by atoms with Crippen molar-refractivity contribution in [1.82, 2.24) is 4.98 Å². The molecule has 1 heterocycles. The Morgan fingerprint density at radius 1 is 1.00 bits per heavy atom. The Labute approximate surface area is 108 Å². The van der Waals surface area contributed by atoms with E-state index in [1.165, 1.54) is 5.56 Å². The Kier molecular flexibility index (Phi) is 3.34. The minimum absolute atomic E-state index is 0.546. The second kappa shape index (κ2) is 4.78. The van der Waals surface area contributed by atoms with E-state index in [0.717, 1.165) is 27.6 Å². The molecule has 3 nitrogen and oxygen atoms in total. The van der Waals surface area contributed by atoms with Gasteiger partial charge in [0.15, 0.2) is 5.82 Å². The average Bonchev–Trinajstić information content (AvgIpc) is 2.27. The molecule has 0 radical (unpaired) electrons. The molecule has 0 aliphatic rings. The standard InChI is InChI=1S/C15H18N2O/c1-10-8-11(2)15(12(3)9-10)17(18)14-7-5-6-13(4)16-14/h5-9,18H,1-4H3. The monoisotopic (exact) mass is 242 g/mol. The molecule has 0 bridgehead atoms. The highest BCUT2D eigenvalue weighted by Gasteiger charge is 2.13. The first-order valence-corrected chi connectivity index (χ1v) is 5.99. The number of benzene rings is 1. The summed E-state index contributed by atoms with van der Waals surface area (Å²) in [6.45, 7) is 7.95. The number of rotatable bonds is 2. The van der Waals surface area contributed by atoms with Crippen LogP contribution in [0.3, 0.4) is 0 Å². The Hall–Kier alpha value is -1.87. The molecule has 0 unspecified atom stereocenters. The summed E-state index contributed by atoms with van der Waals surface area (Å²) < 4.78 is 0. The summed E-state index contributed by atoms with van der Waals surface area (Å²) >= 11 is 0. The molecule has 1 N–H and O–H groups in total. The lowest BCUT2D eigenvalue weighted by Gasteiger charge is -2.21. The molecule has 0 spiro atoms. The number of anilines is 2. The second-order valence-corrected chi connectivity index (χ2v) is 4.70. The molecule has 18 heavy (non-hydrogen) atoms. The van der Waals surface area contributed by atoms with Crippen LogP contribution in [-0.2, 0) is 0 Å². The fourth-order valence-corrected chi connectivity index (χ4v) is 2.27. The quantitative estimate of drug-likeness (QED) is 0.813. The maximum absolute atomic E-state index is 10.3. The lowest BCUT2D eigenvalue weighted by atomic mass is 10.0. The zero-order chi connectivity index (χ0) is 13.3. The number of aryl methyl sites for hydroxylation is 4. The molecule has 2 aromatic rings. The Morgan fingerprint density at radius 2 is 1.61 bits per heavy atom. The summed E-state index contributed by atoms with van der Waals surface area (Å²) in [4.78, 5) is 4.33. The van der Waals surface area contributed by atoms with Crippen LogP contribution in [-0.4, -0.2) is 10.2 Å². The summed E-state index contributed by atoms with van der Waals surface area (Å²) in [5.74, 6) is 0.546. The largest absolute Gasteiger partial charge is 0.282 e. The molecule has 0 saturated carbocycles. The van der Waals surface area contributed by atoms with Crippen LogP contribution in [0.25, 0.3) is 0 Å². The van der Waals surface area contributed by atoms with Gasteiger partial charge in [-0.3, -0.25) is 5.21 Å². The topological polar surface area (TPSA) is 36.4 Å². The number of pyridine rings is 1. The number of nitrogens with zero attached hydrogens (tertiary/aromatic N) is 2. The van der Waals surface area contributed by atoms with Crippen molar-refractivity contribution in [2.24, 2.45) is 0 Å². The van der Waals surface area contributed by atoms with E-state index >= 15 is 0 Å². The molecule has 0 amide bonds. The summed E-state index contributed by atoms with van der Waals surface area (Å²) in [5.41, 5.74) is 4.96. The van der Waals surface area contributed by atoms with Gasteiger partial charge in [-0.25, -0.2) is 10.0 Å². The van der Waals surface area contributed by atoms with Crippen molar-refractivity contribution < 1.29 is 5.21 Å². The van der Waals surface area contributed by atoms with Crippen LogP contribution in [0.4, 0.5) is 11.5 Å². The summed E-state index contributed by atoms with van der Waals surface area (Å²) in [6, 6.07) is 9.71. The van der Waals surface area contributed by atoms with Gasteiger partial charge in [0.05, 0.1) is 5.69 Å². The molecule has 1 aromatic heterocycles. The summed E-state index contributed by atoms with van der Waals surface area (Å²) in [5, 5.41) is 11.5. The van der Waals surface area contributed by atoms with Crippen LogP contribution in [0, 0.1) is 27.7 Å². The van der Waals surface area contributed by atoms with E-state index in [1.807, 2.05) is 32.9 Å². The highest BCUT2D eigenvalue weighted by molar-refractivity contribution is 5.65. The molecular formula is C15H18N2O. The van der Waals surface area contributed by atoms with E-state index in [2.05, 4.69) is 24.0 Å². The van der Waals surface area contributed by atoms with Crippen molar-refractivity contribution in [2.45, 2.75) is 27.7 Å². The lowest BCUT2D eigenvalue weighted by molar-refractivity contribution is 0.296. The molecule has 2 rings (SSSR count). The maximum Gasteiger partial charge on any atom is 0.157 e. The maximum atomic E-state index is 10.3. The molecule has 0 aliphatic heterocycles. The Morgan fingerprint density at radius 3 is 2.17 bits per heavy atom. The third-order valence-electron chi connectivity index (χ3n) is 2.94. The predicted octanol–water partition coefficient (Wildman–Crippen LogP) is 3.84. The molecule has 3 heteroatoms. The van der Waals surface area contributed by atoms with Gasteiger partial charge >= 0.3 is 0 Å². The predicted molar refractivity (Wildman–Crippen MR) is 73.6 cm³/mol. The van der Waals surface area contributed by atoms with E-state index < -0.39 is 0 Å². The van der Waals surface area contributed by atoms with E-state index in [-0.39, 0.29) is 0 Å². The van der Waals surface area contributed by atoms with Gasteiger partial charge in [0, 0.05) is 5.69 Å². The smallest absolute Gasteiger partial charge is 0.157 e. The van der Waals surface area contributed by atoms with Gasteiger partial charge in [-0.2, -0.15) is 0 Å². The zero-order valence-electron chi connectivity index (χ0n) is 11.2. The van der Waals surface area contributed by atoms with Crippen LogP contribution in [0.15, 0.2) is 30.3 Å². The van der Waals surface area contributed by atoms with E-state index in [4.69, 9.17) is 0 Å². The fraction of sp³-hybridized carbons (Fsp3) is 0.267.